The third-order valence-electron chi connectivity index (χ3n) is 4.53. The van der Waals surface area contributed by atoms with Crippen LogP contribution in [0.4, 0.5) is 5.69 Å². The maximum absolute atomic E-state index is 12.4. The van der Waals surface area contributed by atoms with Crippen molar-refractivity contribution < 1.29 is 9.53 Å². The lowest BCUT2D eigenvalue weighted by molar-refractivity contribution is -0.118. The fourth-order valence-electron chi connectivity index (χ4n) is 3.03. The van der Waals surface area contributed by atoms with Crippen LogP contribution in [0.25, 0.3) is 4.96 Å². The van der Waals surface area contributed by atoms with Gasteiger partial charge in [-0.2, -0.15) is 0 Å². The molecular weight excluding hydrogens is 430 g/mol. The minimum atomic E-state index is -0.233. The number of amides is 1. The van der Waals surface area contributed by atoms with E-state index in [0.717, 1.165) is 15.3 Å². The molecule has 0 aliphatic heterocycles. The highest BCUT2D eigenvalue weighted by molar-refractivity contribution is 7.98. The molecule has 4 rings (SSSR count). The first-order valence-corrected chi connectivity index (χ1v) is 11.5. The van der Waals surface area contributed by atoms with Crippen LogP contribution in [-0.4, -0.2) is 21.9 Å². The Bertz CT molecular complexity index is 1300. The van der Waals surface area contributed by atoms with E-state index in [1.807, 2.05) is 62.4 Å². The van der Waals surface area contributed by atoms with E-state index in [1.54, 1.807) is 16.7 Å². The van der Waals surface area contributed by atoms with Gasteiger partial charge in [-0.3, -0.25) is 14.0 Å². The monoisotopic (exact) mass is 451 g/mol. The van der Waals surface area contributed by atoms with Crippen LogP contribution in [0.3, 0.4) is 0 Å². The number of anilines is 1. The largest absolute Gasteiger partial charge is 0.483 e. The molecule has 0 radical (unpaired) electrons. The number of benzene rings is 2. The Morgan fingerprint density at radius 1 is 1.16 bits per heavy atom. The van der Waals surface area contributed by atoms with Gasteiger partial charge in [0, 0.05) is 27.8 Å². The van der Waals surface area contributed by atoms with Gasteiger partial charge in [0.15, 0.2) is 11.6 Å². The van der Waals surface area contributed by atoms with Gasteiger partial charge in [-0.15, -0.1) is 23.1 Å². The predicted octanol–water partition coefficient (Wildman–Crippen LogP) is 4.68. The number of carbonyl (C=O) groups excluding carboxylic acids is 1. The molecule has 0 aliphatic carbocycles. The fraction of sp³-hybridized carbons (Fsp3) is 0.174. The molecular formula is C23H21N3O3S2. The van der Waals surface area contributed by atoms with E-state index in [0.29, 0.717) is 27.8 Å². The van der Waals surface area contributed by atoms with Crippen LogP contribution in [0, 0.1) is 13.8 Å². The first-order chi connectivity index (χ1) is 15.0. The van der Waals surface area contributed by atoms with Crippen molar-refractivity contribution in [3.8, 4) is 5.75 Å². The maximum Gasteiger partial charge on any atom is 0.262 e. The van der Waals surface area contributed by atoms with E-state index >= 15 is 0 Å². The Balaban J connectivity index is 1.42. The molecule has 0 saturated carbocycles. The Morgan fingerprint density at radius 3 is 2.77 bits per heavy atom. The predicted molar refractivity (Wildman–Crippen MR) is 125 cm³/mol. The Labute approximate surface area is 187 Å². The van der Waals surface area contributed by atoms with Gasteiger partial charge in [-0.25, -0.2) is 4.98 Å². The van der Waals surface area contributed by atoms with Gasteiger partial charge < -0.3 is 10.1 Å². The molecule has 2 aromatic carbocycles. The minimum absolute atomic E-state index is 0.0728. The molecule has 6 nitrogen and oxygen atoms in total. The van der Waals surface area contributed by atoms with Crippen molar-refractivity contribution in [2.45, 2.75) is 24.5 Å². The lowest BCUT2D eigenvalue weighted by Gasteiger charge is -2.12. The summed E-state index contributed by atoms with van der Waals surface area (Å²) in [6.45, 7) is 3.82. The van der Waals surface area contributed by atoms with Crippen LogP contribution < -0.4 is 15.6 Å². The molecule has 31 heavy (non-hydrogen) atoms. The number of hydrogen-bond acceptors (Lipinski definition) is 6. The van der Waals surface area contributed by atoms with Crippen molar-refractivity contribution >= 4 is 39.7 Å². The van der Waals surface area contributed by atoms with Gasteiger partial charge in [-0.1, -0.05) is 30.3 Å². The van der Waals surface area contributed by atoms with Crippen LogP contribution in [0.2, 0.25) is 0 Å². The molecule has 2 aromatic heterocycles. The first-order valence-electron chi connectivity index (χ1n) is 9.68. The summed E-state index contributed by atoms with van der Waals surface area (Å²) in [7, 11) is 0. The number of rotatable bonds is 7. The van der Waals surface area contributed by atoms with Crippen molar-refractivity contribution in [2.24, 2.45) is 0 Å². The summed E-state index contributed by atoms with van der Waals surface area (Å²) in [6, 6.07) is 16.7. The molecule has 158 valence electrons. The average molecular weight is 452 g/mol. The van der Waals surface area contributed by atoms with Crippen LogP contribution in [0.1, 0.15) is 16.1 Å². The highest BCUT2D eigenvalue weighted by Gasteiger charge is 2.11. The number of aryl methyl sites for hydroxylation is 2. The van der Waals surface area contributed by atoms with Gasteiger partial charge >= 0.3 is 0 Å². The topological polar surface area (TPSA) is 72.7 Å². The molecule has 1 amide bonds. The third kappa shape index (κ3) is 5.15. The van der Waals surface area contributed by atoms with Crippen LogP contribution in [0.15, 0.2) is 70.5 Å². The molecule has 0 fully saturated rings. The van der Waals surface area contributed by atoms with Gasteiger partial charge in [-0.05, 0) is 37.6 Å². The second-order valence-corrected chi connectivity index (χ2v) is 9.20. The van der Waals surface area contributed by atoms with Crippen molar-refractivity contribution in [3.05, 3.63) is 87.3 Å². The molecule has 0 aliphatic rings. The highest BCUT2D eigenvalue weighted by atomic mass is 32.2. The molecule has 4 aromatic rings. The zero-order valence-electron chi connectivity index (χ0n) is 17.1. The Kier molecular flexibility index (Phi) is 6.39. The number of thiazole rings is 1. The third-order valence-corrected chi connectivity index (χ3v) is 6.53. The van der Waals surface area contributed by atoms with Gasteiger partial charge in [0.05, 0.1) is 11.4 Å². The molecule has 0 bridgehead atoms. The summed E-state index contributed by atoms with van der Waals surface area (Å²) in [6.07, 6.45) is 1.80. The van der Waals surface area contributed by atoms with E-state index in [1.165, 1.54) is 23.1 Å². The summed E-state index contributed by atoms with van der Waals surface area (Å²) in [5, 5.41) is 2.91. The number of fused-ring (bicyclic) bond motifs is 1. The second-order valence-electron chi connectivity index (χ2n) is 6.97. The smallest absolute Gasteiger partial charge is 0.262 e. The molecule has 0 spiro atoms. The zero-order chi connectivity index (χ0) is 21.8. The summed E-state index contributed by atoms with van der Waals surface area (Å²) >= 11 is 3.01. The number of thioether (sulfide) groups is 1. The second kappa shape index (κ2) is 9.36. The summed E-state index contributed by atoms with van der Waals surface area (Å²) in [4.78, 5) is 31.9. The SMILES string of the molecule is Cc1cn2c(=O)cc(CSc3ccccc3NC(=O)COc3ccccc3C)nc2s1. The molecule has 0 unspecified atom stereocenters. The summed E-state index contributed by atoms with van der Waals surface area (Å²) in [5.41, 5.74) is 2.31. The fourth-order valence-corrected chi connectivity index (χ4v) is 4.78. The average Bonchev–Trinajstić information content (AvgIpc) is 3.13. The van der Waals surface area contributed by atoms with Crippen LogP contribution >= 0.6 is 23.1 Å². The minimum Gasteiger partial charge on any atom is -0.483 e. The van der Waals surface area contributed by atoms with E-state index in [-0.39, 0.29) is 18.1 Å². The van der Waals surface area contributed by atoms with Gasteiger partial charge in [0.1, 0.15) is 5.75 Å². The van der Waals surface area contributed by atoms with E-state index in [4.69, 9.17) is 4.74 Å². The Morgan fingerprint density at radius 2 is 1.94 bits per heavy atom. The lowest BCUT2D eigenvalue weighted by Crippen LogP contribution is -2.20. The highest BCUT2D eigenvalue weighted by Crippen LogP contribution is 2.29. The van der Waals surface area contributed by atoms with E-state index in [2.05, 4.69) is 10.3 Å². The standard InChI is InChI=1S/C23H21N3O3S2/c1-15-7-3-5-9-19(15)29-13-21(27)25-18-8-4-6-10-20(18)30-14-17-11-22(28)26-12-16(2)31-23(26)24-17/h3-12H,13-14H2,1-2H3,(H,25,27). The molecule has 1 N–H and O–H groups in total. The number of para-hydroxylation sites is 2. The Hall–Kier alpha value is -3.10. The van der Waals surface area contributed by atoms with Crippen molar-refractivity contribution in [3.63, 3.8) is 0 Å². The number of nitrogens with one attached hydrogen (secondary N) is 1. The number of hydrogen-bond donors (Lipinski definition) is 1. The summed E-state index contributed by atoms with van der Waals surface area (Å²) in [5.74, 6) is 0.981. The van der Waals surface area contributed by atoms with Crippen molar-refractivity contribution in [1.29, 1.82) is 0 Å². The van der Waals surface area contributed by atoms with Crippen LogP contribution in [-0.2, 0) is 10.5 Å². The zero-order valence-corrected chi connectivity index (χ0v) is 18.8. The molecule has 0 atom stereocenters. The molecule has 2 heterocycles. The molecule has 0 saturated heterocycles. The van der Waals surface area contributed by atoms with E-state index < -0.39 is 0 Å². The lowest BCUT2D eigenvalue weighted by atomic mass is 10.2. The molecule has 8 heteroatoms. The van der Waals surface area contributed by atoms with Crippen molar-refractivity contribution in [1.82, 2.24) is 9.38 Å². The van der Waals surface area contributed by atoms with E-state index in [9.17, 15) is 9.59 Å². The normalized spacial score (nSPS) is 10.9. The number of nitrogens with zero attached hydrogens (tertiary/aromatic N) is 2. The number of carbonyl (C=O) groups is 1. The van der Waals surface area contributed by atoms with Gasteiger partial charge in [0.2, 0.25) is 0 Å². The van der Waals surface area contributed by atoms with Gasteiger partial charge in [0.25, 0.3) is 11.5 Å². The summed E-state index contributed by atoms with van der Waals surface area (Å²) < 4.78 is 7.20. The quantitative estimate of drug-likeness (QED) is 0.413. The van der Waals surface area contributed by atoms with Crippen LogP contribution in [0.5, 0.6) is 5.75 Å². The number of ether oxygens (including phenoxy) is 1. The first kappa shape index (κ1) is 21.1. The number of aromatic nitrogens is 2. The maximum atomic E-state index is 12.4. The van der Waals surface area contributed by atoms with Crippen molar-refractivity contribution in [2.75, 3.05) is 11.9 Å².